The molecule has 1 fully saturated rings. The maximum absolute atomic E-state index is 15.1. The number of halogens is 1. The molecule has 0 bridgehead atoms. The number of ether oxygens (including phenoxy) is 1. The fourth-order valence-electron chi connectivity index (χ4n) is 6.31. The predicted molar refractivity (Wildman–Crippen MR) is 135 cm³/mol. The first kappa shape index (κ1) is 25.4. The van der Waals surface area contributed by atoms with Crippen LogP contribution in [0.15, 0.2) is 35.7 Å². The summed E-state index contributed by atoms with van der Waals surface area (Å²) in [5.74, 6) is -2.14. The Labute approximate surface area is 215 Å². The number of fused-ring (bicyclic) bond motifs is 1. The van der Waals surface area contributed by atoms with E-state index in [1.54, 1.807) is 19.4 Å². The van der Waals surface area contributed by atoms with Crippen LogP contribution in [0.3, 0.4) is 0 Å². The van der Waals surface area contributed by atoms with Crippen molar-refractivity contribution in [2.24, 2.45) is 11.8 Å². The van der Waals surface area contributed by atoms with Gasteiger partial charge in [-0.05, 0) is 84.8 Å². The molecule has 4 aliphatic rings. The number of allylic oxidation sites excluding steroid dienone is 1. The fourth-order valence-corrected chi connectivity index (χ4v) is 6.31. The molecule has 2 atom stereocenters. The highest BCUT2D eigenvalue weighted by atomic mass is 19.1. The van der Waals surface area contributed by atoms with Gasteiger partial charge < -0.3 is 25.4 Å². The van der Waals surface area contributed by atoms with Crippen LogP contribution in [0.2, 0.25) is 0 Å². The topological polar surface area (TPSA) is 108 Å². The van der Waals surface area contributed by atoms with Gasteiger partial charge in [0.2, 0.25) is 5.91 Å². The lowest BCUT2D eigenvalue weighted by molar-refractivity contribution is -0.145. The molecule has 0 spiro atoms. The van der Waals surface area contributed by atoms with Gasteiger partial charge in [0.1, 0.15) is 18.1 Å². The van der Waals surface area contributed by atoms with E-state index in [0.29, 0.717) is 36.9 Å². The highest BCUT2D eigenvalue weighted by molar-refractivity contribution is 6.00. The van der Waals surface area contributed by atoms with Crippen molar-refractivity contribution in [2.75, 3.05) is 12.4 Å². The SMILES string of the molecule is COC1CCC2=C(C=CN(C(=O)C3CC(CC(=O)O)C3)[C@H]2C(=O)Nc2cc(F)c3c(c2)CCC3(C)C)N1. The number of benzene rings is 1. The number of methoxy groups -OCH3 is 1. The van der Waals surface area contributed by atoms with Crippen LogP contribution in [0.25, 0.3) is 0 Å². The number of hydrogen-bond donors (Lipinski definition) is 3. The third kappa shape index (κ3) is 4.77. The van der Waals surface area contributed by atoms with E-state index in [1.807, 2.05) is 19.9 Å². The van der Waals surface area contributed by atoms with E-state index < -0.39 is 17.9 Å². The second kappa shape index (κ2) is 9.59. The molecule has 2 heterocycles. The number of aryl methyl sites for hydroxylation is 1. The zero-order chi connectivity index (χ0) is 26.5. The normalized spacial score (nSPS) is 27.6. The van der Waals surface area contributed by atoms with Gasteiger partial charge in [-0.1, -0.05) is 13.8 Å². The lowest BCUT2D eigenvalue weighted by Gasteiger charge is -2.42. The summed E-state index contributed by atoms with van der Waals surface area (Å²) >= 11 is 0. The minimum Gasteiger partial charge on any atom is -0.481 e. The van der Waals surface area contributed by atoms with Crippen molar-refractivity contribution in [3.63, 3.8) is 0 Å². The summed E-state index contributed by atoms with van der Waals surface area (Å²) < 4.78 is 20.5. The zero-order valence-electron chi connectivity index (χ0n) is 21.5. The van der Waals surface area contributed by atoms with Crippen molar-refractivity contribution < 1.29 is 28.6 Å². The number of carbonyl (C=O) groups excluding carboxylic acids is 2. The Morgan fingerprint density at radius 1 is 1.24 bits per heavy atom. The van der Waals surface area contributed by atoms with Gasteiger partial charge in [-0.2, -0.15) is 0 Å². The fraction of sp³-hybridized carbons (Fsp3) is 0.536. The third-order valence-electron chi connectivity index (χ3n) is 8.32. The van der Waals surface area contributed by atoms with Crippen molar-refractivity contribution >= 4 is 23.5 Å². The molecular formula is C28H34FN3O5. The van der Waals surface area contributed by atoms with Crippen LogP contribution in [0, 0.1) is 17.7 Å². The van der Waals surface area contributed by atoms with Gasteiger partial charge >= 0.3 is 5.97 Å². The van der Waals surface area contributed by atoms with Crippen LogP contribution in [-0.2, 0) is 31.0 Å². The van der Waals surface area contributed by atoms with Gasteiger partial charge in [0, 0.05) is 37.0 Å². The Balaban J connectivity index is 1.40. The highest BCUT2D eigenvalue weighted by Crippen LogP contribution is 2.42. The van der Waals surface area contributed by atoms with E-state index >= 15 is 4.39 Å². The number of nitrogens with zero attached hydrogens (tertiary/aromatic N) is 1. The molecule has 37 heavy (non-hydrogen) atoms. The maximum atomic E-state index is 15.1. The number of carbonyl (C=O) groups is 3. The third-order valence-corrected chi connectivity index (χ3v) is 8.32. The molecule has 2 amide bonds. The van der Waals surface area contributed by atoms with Gasteiger partial charge in [-0.25, -0.2) is 4.39 Å². The molecule has 3 N–H and O–H groups in total. The van der Waals surface area contributed by atoms with Crippen LogP contribution >= 0.6 is 0 Å². The predicted octanol–water partition coefficient (Wildman–Crippen LogP) is 3.82. The first-order chi connectivity index (χ1) is 17.6. The summed E-state index contributed by atoms with van der Waals surface area (Å²) in [4.78, 5) is 39.7. The first-order valence-electron chi connectivity index (χ1n) is 13.0. The summed E-state index contributed by atoms with van der Waals surface area (Å²) in [6.07, 6.45) is 7.04. The van der Waals surface area contributed by atoms with E-state index in [9.17, 15) is 14.4 Å². The summed E-state index contributed by atoms with van der Waals surface area (Å²) in [5.41, 5.74) is 3.28. The Morgan fingerprint density at radius 2 is 2.00 bits per heavy atom. The Bertz CT molecular complexity index is 1200. The maximum Gasteiger partial charge on any atom is 0.303 e. The largest absolute Gasteiger partial charge is 0.481 e. The second-order valence-electron chi connectivity index (χ2n) is 11.3. The van der Waals surface area contributed by atoms with E-state index in [1.165, 1.54) is 11.0 Å². The first-order valence-corrected chi connectivity index (χ1v) is 13.0. The monoisotopic (exact) mass is 511 g/mol. The number of hydrogen-bond acceptors (Lipinski definition) is 5. The van der Waals surface area contributed by atoms with Crippen LogP contribution in [0.4, 0.5) is 10.1 Å². The summed E-state index contributed by atoms with van der Waals surface area (Å²) in [6, 6.07) is 2.32. The minimum atomic E-state index is -0.885. The van der Waals surface area contributed by atoms with Gasteiger partial charge in [0.15, 0.2) is 0 Å². The lowest BCUT2D eigenvalue weighted by Crippen LogP contribution is -2.53. The number of nitrogens with one attached hydrogen (secondary N) is 2. The quantitative estimate of drug-likeness (QED) is 0.536. The average Bonchev–Trinajstić information content (AvgIpc) is 3.13. The average molecular weight is 512 g/mol. The second-order valence-corrected chi connectivity index (χ2v) is 11.3. The molecule has 9 heteroatoms. The zero-order valence-corrected chi connectivity index (χ0v) is 21.5. The van der Waals surface area contributed by atoms with E-state index in [0.717, 1.165) is 29.7 Å². The summed E-state index contributed by atoms with van der Waals surface area (Å²) in [5, 5.41) is 15.2. The molecule has 2 aliphatic heterocycles. The molecule has 1 unspecified atom stereocenters. The van der Waals surface area contributed by atoms with E-state index in [-0.39, 0.29) is 41.6 Å². The minimum absolute atomic E-state index is 0.0280. The number of carboxylic acids is 1. The number of aliphatic carboxylic acids is 1. The molecule has 198 valence electrons. The molecule has 0 saturated heterocycles. The Kier molecular flexibility index (Phi) is 6.60. The van der Waals surface area contributed by atoms with Crippen molar-refractivity contribution in [1.29, 1.82) is 0 Å². The smallest absolute Gasteiger partial charge is 0.303 e. The molecule has 8 nitrogen and oxygen atoms in total. The van der Waals surface area contributed by atoms with Gasteiger partial charge in [0.25, 0.3) is 5.91 Å². The Hall–Kier alpha value is -3.20. The van der Waals surface area contributed by atoms with Gasteiger partial charge in [-0.3, -0.25) is 14.4 Å². The molecule has 2 aliphatic carbocycles. The van der Waals surface area contributed by atoms with E-state index in [4.69, 9.17) is 9.84 Å². The molecular weight excluding hydrogens is 477 g/mol. The van der Waals surface area contributed by atoms with Crippen LogP contribution in [0.5, 0.6) is 0 Å². The van der Waals surface area contributed by atoms with Crippen molar-refractivity contribution in [3.05, 3.63) is 52.6 Å². The molecule has 5 rings (SSSR count). The summed E-state index contributed by atoms with van der Waals surface area (Å²) in [6.45, 7) is 4.05. The molecule has 1 aromatic carbocycles. The van der Waals surface area contributed by atoms with Crippen LogP contribution < -0.4 is 10.6 Å². The lowest BCUT2D eigenvalue weighted by atomic mass is 9.72. The molecule has 1 aromatic rings. The number of anilines is 1. The molecule has 0 aromatic heterocycles. The number of amides is 2. The van der Waals surface area contributed by atoms with Crippen molar-refractivity contribution in [1.82, 2.24) is 10.2 Å². The summed E-state index contributed by atoms with van der Waals surface area (Å²) in [7, 11) is 1.61. The van der Waals surface area contributed by atoms with Crippen LogP contribution in [0.1, 0.15) is 63.5 Å². The van der Waals surface area contributed by atoms with Gasteiger partial charge in [-0.15, -0.1) is 0 Å². The molecule has 1 saturated carbocycles. The number of carboxylic acid groups (broad SMARTS) is 1. The van der Waals surface area contributed by atoms with Gasteiger partial charge in [0.05, 0.1) is 0 Å². The standard InChI is InChI=1S/C28H34FN3O5/c1-28(2)8-6-16-13-18(14-20(29)24(16)28)30-26(35)25-19-4-5-22(37-3)31-21(19)7-9-32(25)27(36)17-10-15(11-17)12-23(33)34/h7,9,13-15,17,22,25,31H,4-6,8,10-12H2,1-3H3,(H,30,35)(H,33,34)/t15?,17?,22?,25-/m1/s1. The number of rotatable bonds is 6. The Morgan fingerprint density at radius 3 is 2.70 bits per heavy atom. The van der Waals surface area contributed by atoms with E-state index in [2.05, 4.69) is 10.6 Å². The van der Waals surface area contributed by atoms with Crippen molar-refractivity contribution in [2.45, 2.75) is 76.5 Å². The highest BCUT2D eigenvalue weighted by Gasteiger charge is 2.44. The van der Waals surface area contributed by atoms with Crippen LogP contribution in [-0.4, -0.2) is 47.2 Å². The molecule has 0 radical (unpaired) electrons. The van der Waals surface area contributed by atoms with Crippen molar-refractivity contribution in [3.8, 4) is 0 Å².